The van der Waals surface area contributed by atoms with Gasteiger partial charge in [0.05, 0.1) is 5.56 Å². The van der Waals surface area contributed by atoms with E-state index in [4.69, 9.17) is 0 Å². The van der Waals surface area contributed by atoms with Gasteiger partial charge in [0.25, 0.3) is 5.91 Å². The lowest BCUT2D eigenvalue weighted by atomic mass is 10.2. The first-order valence-electron chi connectivity index (χ1n) is 5.57. The molecule has 0 saturated carbocycles. The van der Waals surface area contributed by atoms with Crippen molar-refractivity contribution in [1.29, 1.82) is 0 Å². The van der Waals surface area contributed by atoms with Crippen LogP contribution in [0.3, 0.4) is 0 Å². The Hall–Kier alpha value is -2.43. The van der Waals surface area contributed by atoms with Crippen LogP contribution in [0.15, 0.2) is 54.6 Å². The second kappa shape index (κ2) is 5.95. The molecule has 1 amide bonds. The van der Waals surface area contributed by atoms with Gasteiger partial charge in [-0.1, -0.05) is 30.3 Å². The monoisotopic (exact) mass is 263 g/mol. The molecule has 0 heterocycles. The third-order valence-electron chi connectivity index (χ3n) is 2.38. The van der Waals surface area contributed by atoms with E-state index in [1.807, 2.05) is 6.07 Å². The number of carbonyl (C=O) groups excluding carboxylic acids is 1. The molecule has 3 nitrogen and oxygen atoms in total. The number of hydrogen-bond donors (Lipinski definition) is 1. The molecule has 5 heteroatoms. The van der Waals surface area contributed by atoms with Crippen molar-refractivity contribution < 1.29 is 18.3 Å². The van der Waals surface area contributed by atoms with Crippen molar-refractivity contribution in [2.45, 2.75) is 6.61 Å². The van der Waals surface area contributed by atoms with Crippen LogP contribution in [0.2, 0.25) is 0 Å². The number of rotatable bonds is 4. The Morgan fingerprint density at radius 2 is 1.63 bits per heavy atom. The molecule has 0 fully saturated rings. The van der Waals surface area contributed by atoms with E-state index < -0.39 is 12.5 Å². The first kappa shape index (κ1) is 13.0. The Morgan fingerprint density at radius 1 is 1.00 bits per heavy atom. The second-order valence-corrected chi connectivity index (χ2v) is 3.69. The van der Waals surface area contributed by atoms with Crippen LogP contribution in [-0.2, 0) is 0 Å². The van der Waals surface area contributed by atoms with E-state index in [1.165, 1.54) is 18.2 Å². The third kappa shape index (κ3) is 3.51. The van der Waals surface area contributed by atoms with Gasteiger partial charge in [-0.25, -0.2) is 0 Å². The quantitative estimate of drug-likeness (QED) is 0.916. The lowest BCUT2D eigenvalue weighted by Crippen LogP contribution is -2.14. The molecule has 0 radical (unpaired) electrons. The van der Waals surface area contributed by atoms with Crippen molar-refractivity contribution in [2.75, 3.05) is 5.32 Å². The lowest BCUT2D eigenvalue weighted by molar-refractivity contribution is -0.0501. The zero-order valence-electron chi connectivity index (χ0n) is 9.85. The van der Waals surface area contributed by atoms with Gasteiger partial charge in [0.15, 0.2) is 0 Å². The van der Waals surface area contributed by atoms with Crippen LogP contribution in [0.25, 0.3) is 0 Å². The minimum Gasteiger partial charge on any atom is -0.434 e. The van der Waals surface area contributed by atoms with Gasteiger partial charge in [-0.05, 0) is 24.3 Å². The van der Waals surface area contributed by atoms with Gasteiger partial charge >= 0.3 is 6.61 Å². The molecular weight excluding hydrogens is 252 g/mol. The highest BCUT2D eigenvalue weighted by atomic mass is 19.3. The topological polar surface area (TPSA) is 38.3 Å². The molecule has 2 rings (SSSR count). The van der Waals surface area contributed by atoms with Crippen LogP contribution in [0, 0.1) is 0 Å². The van der Waals surface area contributed by atoms with Crippen molar-refractivity contribution in [1.82, 2.24) is 0 Å². The average Bonchev–Trinajstić information content (AvgIpc) is 2.39. The van der Waals surface area contributed by atoms with Gasteiger partial charge in [-0.15, -0.1) is 0 Å². The molecule has 0 aliphatic rings. The number of alkyl halides is 2. The van der Waals surface area contributed by atoms with Gasteiger partial charge in [0.1, 0.15) is 5.75 Å². The van der Waals surface area contributed by atoms with Crippen molar-refractivity contribution >= 4 is 11.6 Å². The molecule has 0 spiro atoms. The fraction of sp³-hybridized carbons (Fsp3) is 0.0714. The highest BCUT2D eigenvalue weighted by Gasteiger charge is 2.15. The second-order valence-electron chi connectivity index (χ2n) is 3.69. The molecule has 0 bridgehead atoms. The maximum absolute atomic E-state index is 12.2. The number of carbonyl (C=O) groups is 1. The van der Waals surface area contributed by atoms with E-state index in [2.05, 4.69) is 10.1 Å². The predicted molar refractivity (Wildman–Crippen MR) is 67.5 cm³/mol. The van der Waals surface area contributed by atoms with Crippen LogP contribution in [-0.4, -0.2) is 12.5 Å². The molecule has 98 valence electrons. The fourth-order valence-electron chi connectivity index (χ4n) is 1.57. The lowest BCUT2D eigenvalue weighted by Gasteiger charge is -2.10. The summed E-state index contributed by atoms with van der Waals surface area (Å²) in [6.07, 6.45) is 0. The maximum Gasteiger partial charge on any atom is 0.387 e. The number of ether oxygens (including phenoxy) is 1. The molecule has 2 aromatic rings. The Kier molecular flexibility index (Phi) is 4.07. The van der Waals surface area contributed by atoms with E-state index >= 15 is 0 Å². The number of benzene rings is 2. The van der Waals surface area contributed by atoms with E-state index in [0.29, 0.717) is 5.69 Å². The molecule has 0 unspecified atom stereocenters. The number of halogens is 2. The molecule has 0 aromatic heterocycles. The minimum atomic E-state index is -2.97. The first-order valence-corrected chi connectivity index (χ1v) is 5.57. The molecule has 0 atom stereocenters. The summed E-state index contributed by atoms with van der Waals surface area (Å²) >= 11 is 0. The molecule has 19 heavy (non-hydrogen) atoms. The molecule has 0 aliphatic heterocycles. The number of amides is 1. The predicted octanol–water partition coefficient (Wildman–Crippen LogP) is 3.54. The Bertz CT molecular complexity index is 558. The van der Waals surface area contributed by atoms with Crippen molar-refractivity contribution in [3.63, 3.8) is 0 Å². The van der Waals surface area contributed by atoms with Gasteiger partial charge in [-0.3, -0.25) is 4.79 Å². The molecule has 0 saturated heterocycles. The summed E-state index contributed by atoms with van der Waals surface area (Å²) in [5.41, 5.74) is 0.644. The van der Waals surface area contributed by atoms with Crippen LogP contribution in [0.5, 0.6) is 5.75 Å². The smallest absolute Gasteiger partial charge is 0.387 e. The normalized spacial score (nSPS) is 10.3. The molecule has 2 aromatic carbocycles. The molecule has 0 aliphatic carbocycles. The first-order chi connectivity index (χ1) is 9.16. The Balaban J connectivity index is 2.19. The summed E-state index contributed by atoms with van der Waals surface area (Å²) in [4.78, 5) is 12.0. The molecular formula is C14H11F2NO2. The number of anilines is 1. The van der Waals surface area contributed by atoms with Crippen LogP contribution >= 0.6 is 0 Å². The van der Waals surface area contributed by atoms with E-state index in [9.17, 15) is 13.6 Å². The van der Waals surface area contributed by atoms with Crippen LogP contribution < -0.4 is 10.1 Å². The standard InChI is InChI=1S/C14H11F2NO2/c15-14(16)19-12-9-5-4-8-11(12)13(18)17-10-6-2-1-3-7-10/h1-9,14H,(H,17,18). The van der Waals surface area contributed by atoms with Gasteiger partial charge in [-0.2, -0.15) is 8.78 Å². The Labute approximate surface area is 108 Å². The van der Waals surface area contributed by atoms with E-state index in [1.54, 1.807) is 30.3 Å². The van der Waals surface area contributed by atoms with Gasteiger partial charge in [0.2, 0.25) is 0 Å². The highest BCUT2D eigenvalue weighted by molar-refractivity contribution is 6.06. The van der Waals surface area contributed by atoms with E-state index in [-0.39, 0.29) is 11.3 Å². The summed E-state index contributed by atoms with van der Waals surface area (Å²) in [5, 5.41) is 2.61. The van der Waals surface area contributed by atoms with Crippen molar-refractivity contribution in [2.24, 2.45) is 0 Å². The Morgan fingerprint density at radius 3 is 2.32 bits per heavy atom. The molecule has 1 N–H and O–H groups in total. The van der Waals surface area contributed by atoms with Crippen molar-refractivity contribution in [3.8, 4) is 5.75 Å². The zero-order valence-corrected chi connectivity index (χ0v) is 9.85. The van der Waals surface area contributed by atoms with Gasteiger partial charge < -0.3 is 10.1 Å². The number of para-hydroxylation sites is 2. The third-order valence-corrected chi connectivity index (χ3v) is 2.38. The summed E-state index contributed by atoms with van der Waals surface area (Å²) in [7, 11) is 0. The summed E-state index contributed by atoms with van der Waals surface area (Å²) in [6, 6.07) is 14.6. The van der Waals surface area contributed by atoms with Crippen molar-refractivity contribution in [3.05, 3.63) is 60.2 Å². The average molecular weight is 263 g/mol. The fourth-order valence-corrected chi connectivity index (χ4v) is 1.57. The highest BCUT2D eigenvalue weighted by Crippen LogP contribution is 2.21. The summed E-state index contributed by atoms with van der Waals surface area (Å²) in [5.74, 6) is -0.645. The van der Waals surface area contributed by atoms with Gasteiger partial charge in [0, 0.05) is 5.69 Å². The number of nitrogens with one attached hydrogen (secondary N) is 1. The SMILES string of the molecule is O=C(Nc1ccccc1)c1ccccc1OC(F)F. The van der Waals surface area contributed by atoms with Crippen LogP contribution in [0.1, 0.15) is 10.4 Å². The summed E-state index contributed by atoms with van der Waals surface area (Å²) in [6.45, 7) is -2.97. The maximum atomic E-state index is 12.2. The zero-order chi connectivity index (χ0) is 13.7. The summed E-state index contributed by atoms with van der Waals surface area (Å²) < 4.78 is 28.8. The van der Waals surface area contributed by atoms with E-state index in [0.717, 1.165) is 0 Å². The number of hydrogen-bond acceptors (Lipinski definition) is 2. The van der Waals surface area contributed by atoms with Crippen LogP contribution in [0.4, 0.5) is 14.5 Å². The minimum absolute atomic E-state index is 0.0617. The largest absolute Gasteiger partial charge is 0.434 e.